The lowest BCUT2D eigenvalue weighted by molar-refractivity contribution is 0.335. The molecule has 0 radical (unpaired) electrons. The van der Waals surface area contributed by atoms with Crippen molar-refractivity contribution in [1.29, 1.82) is 0 Å². The lowest BCUT2D eigenvalue weighted by Gasteiger charge is -2.34. The van der Waals surface area contributed by atoms with E-state index in [0.717, 1.165) is 12.3 Å². The van der Waals surface area contributed by atoms with Gasteiger partial charge in [0.25, 0.3) is 0 Å². The normalized spacial score (nSPS) is 24.5. The molecule has 0 spiro atoms. The highest BCUT2D eigenvalue weighted by atomic mass is 14.9. The molecule has 2 unspecified atom stereocenters. The zero-order valence-electron chi connectivity index (χ0n) is 12.1. The van der Waals surface area contributed by atoms with Gasteiger partial charge < -0.3 is 5.32 Å². The molecular weight excluding hydrogens is 256 g/mol. The van der Waals surface area contributed by atoms with Gasteiger partial charge in [-0.3, -0.25) is 4.98 Å². The highest BCUT2D eigenvalue weighted by Crippen LogP contribution is 2.34. The van der Waals surface area contributed by atoms with Crippen molar-refractivity contribution < 1.29 is 0 Å². The minimum atomic E-state index is 0.657. The van der Waals surface area contributed by atoms with Gasteiger partial charge in [-0.05, 0) is 54.5 Å². The van der Waals surface area contributed by atoms with Crippen LogP contribution in [0.25, 0.3) is 16.7 Å². The SMILES string of the molecule is C1=C(c2cncc(-c3ccccc3)c2)CC2CC1CCN2. The maximum atomic E-state index is 4.47. The van der Waals surface area contributed by atoms with Crippen LogP contribution in [-0.4, -0.2) is 17.6 Å². The van der Waals surface area contributed by atoms with Crippen molar-refractivity contribution in [2.24, 2.45) is 5.92 Å². The minimum Gasteiger partial charge on any atom is -0.314 e. The van der Waals surface area contributed by atoms with E-state index in [1.54, 1.807) is 0 Å². The Morgan fingerprint density at radius 2 is 1.86 bits per heavy atom. The van der Waals surface area contributed by atoms with Crippen molar-refractivity contribution in [3.8, 4) is 11.1 Å². The van der Waals surface area contributed by atoms with Crippen LogP contribution in [0.4, 0.5) is 0 Å². The van der Waals surface area contributed by atoms with Crippen LogP contribution >= 0.6 is 0 Å². The van der Waals surface area contributed by atoms with Gasteiger partial charge in [0.1, 0.15) is 0 Å². The lowest BCUT2D eigenvalue weighted by atomic mass is 9.80. The van der Waals surface area contributed by atoms with Gasteiger partial charge in [0.2, 0.25) is 0 Å². The highest BCUT2D eigenvalue weighted by molar-refractivity contribution is 5.72. The van der Waals surface area contributed by atoms with Crippen molar-refractivity contribution >= 4 is 5.57 Å². The summed E-state index contributed by atoms with van der Waals surface area (Å²) in [7, 11) is 0. The number of fused-ring (bicyclic) bond motifs is 2. The molecule has 2 heteroatoms. The van der Waals surface area contributed by atoms with Crippen molar-refractivity contribution in [3.05, 3.63) is 60.4 Å². The van der Waals surface area contributed by atoms with Crippen molar-refractivity contribution in [1.82, 2.24) is 10.3 Å². The van der Waals surface area contributed by atoms with Crippen molar-refractivity contribution in [3.63, 3.8) is 0 Å². The number of benzene rings is 1. The molecular formula is C19H20N2. The molecule has 2 aliphatic rings. The third-order valence-corrected chi connectivity index (χ3v) is 4.65. The predicted octanol–water partition coefficient (Wildman–Crippen LogP) is 3.90. The molecule has 106 valence electrons. The fourth-order valence-corrected chi connectivity index (χ4v) is 3.58. The Kier molecular flexibility index (Phi) is 3.32. The number of hydrogen-bond acceptors (Lipinski definition) is 2. The molecule has 2 bridgehead atoms. The van der Waals surface area contributed by atoms with Crippen LogP contribution in [0.1, 0.15) is 24.8 Å². The zero-order valence-corrected chi connectivity index (χ0v) is 12.1. The van der Waals surface area contributed by atoms with Crippen LogP contribution in [0, 0.1) is 5.92 Å². The van der Waals surface area contributed by atoms with E-state index in [-0.39, 0.29) is 0 Å². The fourth-order valence-electron chi connectivity index (χ4n) is 3.58. The number of hydrogen-bond donors (Lipinski definition) is 1. The Bertz CT molecular complexity index is 660. The minimum absolute atomic E-state index is 0.657. The summed E-state index contributed by atoms with van der Waals surface area (Å²) in [5.74, 6) is 0.750. The highest BCUT2D eigenvalue weighted by Gasteiger charge is 2.26. The number of allylic oxidation sites excluding steroid dienone is 1. The van der Waals surface area contributed by atoms with Crippen molar-refractivity contribution in [2.75, 3.05) is 6.54 Å². The first-order chi connectivity index (χ1) is 10.4. The van der Waals surface area contributed by atoms with E-state index in [9.17, 15) is 0 Å². The number of aromatic nitrogens is 1. The zero-order chi connectivity index (χ0) is 14.1. The van der Waals surface area contributed by atoms with Crippen LogP contribution in [0.15, 0.2) is 54.9 Å². The van der Waals surface area contributed by atoms with Gasteiger partial charge in [-0.2, -0.15) is 0 Å². The van der Waals surface area contributed by atoms with Gasteiger partial charge in [0.15, 0.2) is 0 Å². The summed E-state index contributed by atoms with van der Waals surface area (Å²) in [6.45, 7) is 1.17. The Labute approximate surface area is 125 Å². The van der Waals surface area contributed by atoms with Gasteiger partial charge in [-0.15, -0.1) is 0 Å². The van der Waals surface area contributed by atoms with E-state index in [4.69, 9.17) is 0 Å². The largest absolute Gasteiger partial charge is 0.314 e. The number of piperidine rings is 1. The summed E-state index contributed by atoms with van der Waals surface area (Å²) in [5, 5.41) is 3.64. The number of rotatable bonds is 2. The van der Waals surface area contributed by atoms with E-state index in [1.807, 2.05) is 12.4 Å². The Balaban J connectivity index is 1.68. The first kappa shape index (κ1) is 12.8. The molecule has 2 heterocycles. The Morgan fingerprint density at radius 1 is 1.00 bits per heavy atom. The van der Waals surface area contributed by atoms with Crippen LogP contribution in [0.2, 0.25) is 0 Å². The standard InChI is InChI=1S/C19H20N2/c1-2-4-15(5-3-1)17-10-18(13-20-12-17)16-8-14-6-7-21-19(9-14)11-16/h1-5,8,10,12-14,19,21H,6-7,9,11H2. The molecule has 0 amide bonds. The van der Waals surface area contributed by atoms with E-state index in [2.05, 4.69) is 52.8 Å². The topological polar surface area (TPSA) is 24.9 Å². The van der Waals surface area contributed by atoms with Gasteiger partial charge in [-0.25, -0.2) is 0 Å². The predicted molar refractivity (Wildman–Crippen MR) is 86.8 cm³/mol. The van der Waals surface area contributed by atoms with Gasteiger partial charge in [0.05, 0.1) is 0 Å². The van der Waals surface area contributed by atoms with Gasteiger partial charge in [0, 0.05) is 24.0 Å². The second-order valence-electron chi connectivity index (χ2n) is 6.16. The van der Waals surface area contributed by atoms with Gasteiger partial charge >= 0.3 is 0 Å². The van der Waals surface area contributed by atoms with Crippen LogP contribution < -0.4 is 5.32 Å². The average molecular weight is 276 g/mol. The lowest BCUT2D eigenvalue weighted by Crippen LogP contribution is -2.39. The third-order valence-electron chi connectivity index (χ3n) is 4.65. The molecule has 2 nitrogen and oxygen atoms in total. The number of nitrogens with zero attached hydrogens (tertiary/aromatic N) is 1. The number of nitrogens with one attached hydrogen (secondary N) is 1. The molecule has 0 saturated carbocycles. The first-order valence-corrected chi connectivity index (χ1v) is 7.83. The summed E-state index contributed by atoms with van der Waals surface area (Å²) in [5.41, 5.74) is 5.20. The molecule has 21 heavy (non-hydrogen) atoms. The smallest absolute Gasteiger partial charge is 0.0346 e. The molecule has 1 aliphatic heterocycles. The molecule has 2 atom stereocenters. The fraction of sp³-hybridized carbons (Fsp3) is 0.316. The maximum Gasteiger partial charge on any atom is 0.0346 e. The van der Waals surface area contributed by atoms with Crippen LogP contribution in [-0.2, 0) is 0 Å². The van der Waals surface area contributed by atoms with E-state index < -0.39 is 0 Å². The Hall–Kier alpha value is -1.93. The number of pyridine rings is 1. The molecule has 1 aromatic carbocycles. The van der Waals surface area contributed by atoms with Crippen molar-refractivity contribution in [2.45, 2.75) is 25.3 Å². The summed E-state index contributed by atoms with van der Waals surface area (Å²) >= 11 is 0. The molecule has 1 fully saturated rings. The van der Waals surface area contributed by atoms with Crippen LogP contribution in [0.3, 0.4) is 0 Å². The molecule has 1 saturated heterocycles. The van der Waals surface area contributed by atoms with E-state index >= 15 is 0 Å². The molecule has 1 aliphatic carbocycles. The average Bonchev–Trinajstić information content (AvgIpc) is 2.55. The maximum absolute atomic E-state index is 4.47. The quantitative estimate of drug-likeness (QED) is 0.899. The first-order valence-electron chi connectivity index (χ1n) is 7.83. The van der Waals surface area contributed by atoms with E-state index in [0.29, 0.717) is 6.04 Å². The van der Waals surface area contributed by atoms with E-state index in [1.165, 1.54) is 41.6 Å². The monoisotopic (exact) mass is 276 g/mol. The Morgan fingerprint density at radius 3 is 2.71 bits per heavy atom. The second kappa shape index (κ2) is 5.45. The molecule has 2 aromatic rings. The molecule has 1 aromatic heterocycles. The van der Waals surface area contributed by atoms with Crippen LogP contribution in [0.5, 0.6) is 0 Å². The van der Waals surface area contributed by atoms with Gasteiger partial charge in [-0.1, -0.05) is 36.4 Å². The second-order valence-corrected chi connectivity index (χ2v) is 6.16. The third kappa shape index (κ3) is 2.64. The summed E-state index contributed by atoms with van der Waals surface area (Å²) in [6, 6.07) is 13.4. The molecule has 4 rings (SSSR count). The molecule has 1 N–H and O–H groups in total. The summed E-state index contributed by atoms with van der Waals surface area (Å²) in [6.07, 6.45) is 10.2. The summed E-state index contributed by atoms with van der Waals surface area (Å²) in [4.78, 5) is 4.47. The summed E-state index contributed by atoms with van der Waals surface area (Å²) < 4.78 is 0.